The summed E-state index contributed by atoms with van der Waals surface area (Å²) in [6.45, 7) is 2.07. The number of nitrogens with zero attached hydrogens (tertiary/aromatic N) is 2. The SMILES string of the molecule is COc1ccc(C(=O)N2CCN(C(=O)COc3ccccc3)CC2)cc1. The van der Waals surface area contributed by atoms with E-state index in [0.29, 0.717) is 37.5 Å². The van der Waals surface area contributed by atoms with E-state index in [2.05, 4.69) is 0 Å². The fourth-order valence-corrected chi connectivity index (χ4v) is 2.83. The highest BCUT2D eigenvalue weighted by atomic mass is 16.5. The number of benzene rings is 2. The Morgan fingerprint density at radius 2 is 1.46 bits per heavy atom. The van der Waals surface area contributed by atoms with Gasteiger partial charge in [0.15, 0.2) is 6.61 Å². The first-order valence-electron chi connectivity index (χ1n) is 8.56. The third kappa shape index (κ3) is 4.33. The van der Waals surface area contributed by atoms with Crippen LogP contribution in [0.25, 0.3) is 0 Å². The van der Waals surface area contributed by atoms with Crippen molar-refractivity contribution in [3.05, 3.63) is 60.2 Å². The highest BCUT2D eigenvalue weighted by Crippen LogP contribution is 2.15. The normalized spacial score (nSPS) is 14.0. The van der Waals surface area contributed by atoms with E-state index in [0.717, 1.165) is 5.75 Å². The lowest BCUT2D eigenvalue weighted by Crippen LogP contribution is -2.51. The molecule has 26 heavy (non-hydrogen) atoms. The minimum Gasteiger partial charge on any atom is -0.497 e. The zero-order chi connectivity index (χ0) is 18.4. The summed E-state index contributed by atoms with van der Waals surface area (Å²) in [6.07, 6.45) is 0. The lowest BCUT2D eigenvalue weighted by molar-refractivity contribution is -0.134. The van der Waals surface area contributed by atoms with Crippen LogP contribution in [0.15, 0.2) is 54.6 Å². The Balaban J connectivity index is 1.48. The number of rotatable bonds is 5. The van der Waals surface area contributed by atoms with Gasteiger partial charge in [-0.25, -0.2) is 0 Å². The van der Waals surface area contributed by atoms with Gasteiger partial charge >= 0.3 is 0 Å². The minimum absolute atomic E-state index is 0.0104. The maximum Gasteiger partial charge on any atom is 0.260 e. The molecule has 6 nitrogen and oxygen atoms in total. The predicted octanol–water partition coefficient (Wildman–Crippen LogP) is 2.06. The van der Waals surface area contributed by atoms with E-state index < -0.39 is 0 Å². The van der Waals surface area contributed by atoms with Gasteiger partial charge in [0, 0.05) is 31.7 Å². The zero-order valence-electron chi connectivity index (χ0n) is 14.8. The number of carbonyl (C=O) groups excluding carboxylic acids is 2. The van der Waals surface area contributed by atoms with Crippen LogP contribution in [-0.2, 0) is 4.79 Å². The molecule has 0 radical (unpaired) electrons. The van der Waals surface area contributed by atoms with Gasteiger partial charge < -0.3 is 19.3 Å². The average Bonchev–Trinajstić information content (AvgIpc) is 2.72. The third-order valence-corrected chi connectivity index (χ3v) is 4.36. The molecule has 0 unspecified atom stereocenters. The minimum atomic E-state index is -0.0644. The lowest BCUT2D eigenvalue weighted by atomic mass is 10.1. The molecule has 0 saturated carbocycles. The molecule has 0 bridgehead atoms. The summed E-state index contributed by atoms with van der Waals surface area (Å²) in [4.78, 5) is 28.3. The summed E-state index contributed by atoms with van der Waals surface area (Å²) in [6, 6.07) is 16.3. The fraction of sp³-hybridized carbons (Fsp3) is 0.300. The highest BCUT2D eigenvalue weighted by Gasteiger charge is 2.25. The van der Waals surface area contributed by atoms with E-state index in [-0.39, 0.29) is 18.4 Å². The van der Waals surface area contributed by atoms with E-state index in [9.17, 15) is 9.59 Å². The van der Waals surface area contributed by atoms with Crippen molar-refractivity contribution in [1.82, 2.24) is 9.80 Å². The molecule has 6 heteroatoms. The molecule has 2 aromatic carbocycles. The van der Waals surface area contributed by atoms with Gasteiger partial charge in [-0.3, -0.25) is 9.59 Å². The number of amides is 2. The Hall–Kier alpha value is -3.02. The van der Waals surface area contributed by atoms with Gasteiger partial charge in [0.1, 0.15) is 11.5 Å². The van der Waals surface area contributed by atoms with Crippen molar-refractivity contribution >= 4 is 11.8 Å². The molecular formula is C20H22N2O4. The highest BCUT2D eigenvalue weighted by molar-refractivity contribution is 5.94. The number of methoxy groups -OCH3 is 1. The van der Waals surface area contributed by atoms with Gasteiger partial charge in [-0.05, 0) is 36.4 Å². The van der Waals surface area contributed by atoms with Crippen molar-refractivity contribution in [1.29, 1.82) is 0 Å². The standard InChI is InChI=1S/C20H22N2O4/c1-25-17-9-7-16(8-10-17)20(24)22-13-11-21(12-14-22)19(23)15-26-18-5-3-2-4-6-18/h2-10H,11-15H2,1H3. The average molecular weight is 354 g/mol. The first kappa shape index (κ1) is 17.8. The van der Waals surface area contributed by atoms with Crippen LogP contribution in [0.1, 0.15) is 10.4 Å². The molecule has 2 amide bonds. The van der Waals surface area contributed by atoms with E-state index in [1.807, 2.05) is 30.3 Å². The smallest absolute Gasteiger partial charge is 0.260 e. The fourth-order valence-electron chi connectivity index (χ4n) is 2.83. The van der Waals surface area contributed by atoms with Crippen molar-refractivity contribution in [3.63, 3.8) is 0 Å². The van der Waals surface area contributed by atoms with Crippen molar-refractivity contribution < 1.29 is 19.1 Å². The van der Waals surface area contributed by atoms with Crippen molar-refractivity contribution in [2.45, 2.75) is 0 Å². The van der Waals surface area contributed by atoms with Crippen LogP contribution in [0.4, 0.5) is 0 Å². The van der Waals surface area contributed by atoms with Gasteiger partial charge in [0.05, 0.1) is 7.11 Å². The number of hydrogen-bond donors (Lipinski definition) is 0. The van der Waals surface area contributed by atoms with Crippen LogP contribution in [0.2, 0.25) is 0 Å². The lowest BCUT2D eigenvalue weighted by Gasteiger charge is -2.34. The maximum atomic E-state index is 12.5. The van der Waals surface area contributed by atoms with Gasteiger partial charge in [-0.2, -0.15) is 0 Å². The van der Waals surface area contributed by atoms with Gasteiger partial charge in [0.25, 0.3) is 11.8 Å². The van der Waals surface area contributed by atoms with Crippen molar-refractivity contribution in [3.8, 4) is 11.5 Å². The first-order chi connectivity index (χ1) is 12.7. The monoisotopic (exact) mass is 354 g/mol. The molecule has 0 atom stereocenters. The second-order valence-electron chi connectivity index (χ2n) is 6.00. The summed E-state index contributed by atoms with van der Waals surface area (Å²) in [7, 11) is 1.59. The Morgan fingerprint density at radius 3 is 2.08 bits per heavy atom. The summed E-state index contributed by atoms with van der Waals surface area (Å²) in [5.74, 6) is 1.30. The molecule has 0 aromatic heterocycles. The van der Waals surface area contributed by atoms with Crippen LogP contribution in [0, 0.1) is 0 Å². The molecule has 1 fully saturated rings. The molecule has 1 aliphatic rings. The number of carbonyl (C=O) groups is 2. The Morgan fingerprint density at radius 1 is 0.846 bits per heavy atom. The van der Waals surface area contributed by atoms with Crippen LogP contribution >= 0.6 is 0 Å². The second-order valence-corrected chi connectivity index (χ2v) is 6.00. The second kappa shape index (κ2) is 8.38. The molecular weight excluding hydrogens is 332 g/mol. The molecule has 0 spiro atoms. The molecule has 0 N–H and O–H groups in total. The summed E-state index contributed by atoms with van der Waals surface area (Å²) >= 11 is 0. The molecule has 2 aromatic rings. The summed E-state index contributed by atoms with van der Waals surface area (Å²) in [5.41, 5.74) is 0.623. The molecule has 0 aliphatic carbocycles. The summed E-state index contributed by atoms with van der Waals surface area (Å²) in [5, 5.41) is 0. The number of para-hydroxylation sites is 1. The first-order valence-corrected chi connectivity index (χ1v) is 8.56. The van der Waals surface area contributed by atoms with E-state index in [1.54, 1.807) is 41.2 Å². The molecule has 1 aliphatic heterocycles. The molecule has 3 rings (SSSR count). The molecule has 1 saturated heterocycles. The largest absolute Gasteiger partial charge is 0.497 e. The van der Waals surface area contributed by atoms with Crippen LogP contribution < -0.4 is 9.47 Å². The zero-order valence-corrected chi connectivity index (χ0v) is 14.8. The maximum absolute atomic E-state index is 12.5. The summed E-state index contributed by atoms with van der Waals surface area (Å²) < 4.78 is 10.6. The van der Waals surface area contributed by atoms with Crippen LogP contribution in [-0.4, -0.2) is 61.5 Å². The van der Waals surface area contributed by atoms with Gasteiger partial charge in [-0.1, -0.05) is 18.2 Å². The van der Waals surface area contributed by atoms with Crippen molar-refractivity contribution in [2.75, 3.05) is 39.9 Å². The third-order valence-electron chi connectivity index (χ3n) is 4.36. The van der Waals surface area contributed by atoms with E-state index in [4.69, 9.17) is 9.47 Å². The topological polar surface area (TPSA) is 59.1 Å². The van der Waals surface area contributed by atoms with Crippen LogP contribution in [0.3, 0.4) is 0 Å². The molecule has 1 heterocycles. The van der Waals surface area contributed by atoms with E-state index >= 15 is 0 Å². The van der Waals surface area contributed by atoms with Crippen molar-refractivity contribution in [2.24, 2.45) is 0 Å². The van der Waals surface area contributed by atoms with Gasteiger partial charge in [0.2, 0.25) is 0 Å². The number of ether oxygens (including phenoxy) is 2. The molecule has 136 valence electrons. The Bertz CT molecular complexity index is 738. The Labute approximate surface area is 152 Å². The predicted molar refractivity (Wildman–Crippen MR) is 97.4 cm³/mol. The van der Waals surface area contributed by atoms with Gasteiger partial charge in [-0.15, -0.1) is 0 Å². The number of piperazine rings is 1. The quantitative estimate of drug-likeness (QED) is 0.825. The Kier molecular flexibility index (Phi) is 5.73. The van der Waals surface area contributed by atoms with E-state index in [1.165, 1.54) is 0 Å². The number of hydrogen-bond acceptors (Lipinski definition) is 4. The van der Waals surface area contributed by atoms with Crippen LogP contribution in [0.5, 0.6) is 11.5 Å².